The molecule has 72 valence electrons. The number of fused-ring (bicyclic) bond motifs is 1. The van der Waals surface area contributed by atoms with Crippen molar-refractivity contribution in [3.05, 3.63) is 30.5 Å². The zero-order chi connectivity index (χ0) is 9.97. The lowest BCUT2D eigenvalue weighted by molar-refractivity contribution is 0.202. The van der Waals surface area contributed by atoms with Crippen molar-refractivity contribution in [3.63, 3.8) is 0 Å². The lowest BCUT2D eigenvalue weighted by Gasteiger charge is -2.02. The number of hydrogen-bond donors (Lipinski definition) is 1. The molecule has 2 rings (SSSR count). The number of carbonyl (C=O) groups excluding carboxylic acids is 1. The van der Waals surface area contributed by atoms with Gasteiger partial charge < -0.3 is 14.5 Å². The van der Waals surface area contributed by atoms with Crippen molar-refractivity contribution in [2.45, 2.75) is 0 Å². The lowest BCUT2D eigenvalue weighted by atomic mass is 10.2. The third-order valence-electron chi connectivity index (χ3n) is 1.85. The number of carbonyl (C=O) groups is 1. The molecular weight excluding hydrogens is 182 g/mol. The molecule has 0 aromatic carbocycles. The molecule has 1 N–H and O–H groups in total. The molecule has 1 aliphatic heterocycles. The fraction of sp³-hybridized carbons (Fsp3) is 0.100. The lowest BCUT2D eigenvalue weighted by Crippen LogP contribution is -2.21. The van der Waals surface area contributed by atoms with Crippen LogP contribution in [0.4, 0.5) is 4.79 Å². The molecule has 0 unspecified atom stereocenters. The van der Waals surface area contributed by atoms with Crippen molar-refractivity contribution in [1.82, 2.24) is 5.32 Å². The number of nitrogens with one attached hydrogen (secondary N) is 1. The van der Waals surface area contributed by atoms with Gasteiger partial charge in [0.25, 0.3) is 0 Å². The Kier molecular flexibility index (Phi) is 2.10. The second-order valence-corrected chi connectivity index (χ2v) is 2.73. The van der Waals surface area contributed by atoms with Crippen LogP contribution >= 0.6 is 0 Å². The molecular formula is C10H9NO3. The van der Waals surface area contributed by atoms with Gasteiger partial charge in [-0.2, -0.15) is 0 Å². The van der Waals surface area contributed by atoms with Crippen LogP contribution in [-0.2, 0) is 0 Å². The van der Waals surface area contributed by atoms with E-state index in [1.165, 1.54) is 7.05 Å². The molecule has 0 saturated carbocycles. The summed E-state index contributed by atoms with van der Waals surface area (Å²) in [6.45, 7) is 0. The average Bonchev–Trinajstić information content (AvgIpc) is 2.62. The van der Waals surface area contributed by atoms with Crippen LogP contribution in [0.2, 0.25) is 0 Å². The summed E-state index contributed by atoms with van der Waals surface area (Å²) in [6, 6.07) is 7.20. The van der Waals surface area contributed by atoms with Gasteiger partial charge in [-0.25, -0.2) is 4.79 Å². The molecule has 1 heterocycles. The smallest absolute Gasteiger partial charge is 0.412 e. The van der Waals surface area contributed by atoms with E-state index in [0.717, 1.165) is 5.56 Å². The van der Waals surface area contributed by atoms with Crippen LogP contribution in [0.3, 0.4) is 0 Å². The van der Waals surface area contributed by atoms with Gasteiger partial charge >= 0.3 is 6.09 Å². The molecule has 0 aromatic heterocycles. The van der Waals surface area contributed by atoms with E-state index in [9.17, 15) is 4.79 Å². The Morgan fingerprint density at radius 3 is 3.07 bits per heavy atom. The van der Waals surface area contributed by atoms with Crippen molar-refractivity contribution in [2.24, 2.45) is 0 Å². The van der Waals surface area contributed by atoms with Crippen LogP contribution < -0.4 is 10.1 Å². The van der Waals surface area contributed by atoms with Crippen molar-refractivity contribution < 1.29 is 13.9 Å². The summed E-state index contributed by atoms with van der Waals surface area (Å²) in [6.07, 6.45) is 1.04. The summed E-state index contributed by atoms with van der Waals surface area (Å²) < 4.78 is 10.2. The first-order valence-electron chi connectivity index (χ1n) is 4.17. The second kappa shape index (κ2) is 3.41. The Morgan fingerprint density at radius 1 is 1.43 bits per heavy atom. The molecule has 14 heavy (non-hydrogen) atoms. The van der Waals surface area contributed by atoms with E-state index in [1.807, 2.05) is 12.1 Å². The largest absolute Gasteiger partial charge is 0.460 e. The fourth-order valence-electron chi connectivity index (χ4n) is 1.20. The predicted octanol–water partition coefficient (Wildman–Crippen LogP) is 2.10. The third-order valence-corrected chi connectivity index (χ3v) is 1.85. The predicted molar refractivity (Wildman–Crippen MR) is 50.4 cm³/mol. The van der Waals surface area contributed by atoms with Gasteiger partial charge in [0.05, 0.1) is 6.26 Å². The van der Waals surface area contributed by atoms with E-state index in [4.69, 9.17) is 9.15 Å². The molecule has 2 aliphatic rings. The minimum Gasteiger partial charge on any atom is -0.460 e. The van der Waals surface area contributed by atoms with E-state index in [-0.39, 0.29) is 0 Å². The van der Waals surface area contributed by atoms with Crippen LogP contribution in [0, 0.1) is 0 Å². The zero-order valence-electron chi connectivity index (χ0n) is 7.61. The Bertz CT molecular complexity index is 421. The third kappa shape index (κ3) is 1.42. The highest BCUT2D eigenvalue weighted by atomic mass is 16.6. The van der Waals surface area contributed by atoms with Crippen LogP contribution in [0.25, 0.3) is 11.3 Å². The van der Waals surface area contributed by atoms with Gasteiger partial charge in [0, 0.05) is 12.6 Å². The monoisotopic (exact) mass is 191 g/mol. The zero-order valence-corrected chi connectivity index (χ0v) is 7.61. The molecule has 1 aliphatic carbocycles. The first kappa shape index (κ1) is 8.62. The summed E-state index contributed by atoms with van der Waals surface area (Å²) in [7, 11) is 1.50. The minimum atomic E-state index is -0.503. The number of ether oxygens (including phenoxy) is 1. The van der Waals surface area contributed by atoms with Crippen LogP contribution in [0.1, 0.15) is 0 Å². The van der Waals surface area contributed by atoms with E-state index in [2.05, 4.69) is 5.32 Å². The van der Waals surface area contributed by atoms with Gasteiger partial charge in [0.15, 0.2) is 11.5 Å². The highest BCUT2D eigenvalue weighted by Crippen LogP contribution is 2.33. The summed E-state index contributed by atoms with van der Waals surface area (Å²) in [4.78, 5) is 10.9. The van der Waals surface area contributed by atoms with Gasteiger partial charge in [-0.15, -0.1) is 0 Å². The maximum atomic E-state index is 10.9. The molecule has 0 saturated heterocycles. The molecule has 0 atom stereocenters. The maximum absolute atomic E-state index is 10.9. The molecule has 0 aromatic rings. The Balaban J connectivity index is 2.31. The van der Waals surface area contributed by atoms with Crippen molar-refractivity contribution >= 4 is 6.09 Å². The maximum Gasteiger partial charge on any atom is 0.412 e. The van der Waals surface area contributed by atoms with E-state index < -0.39 is 6.09 Å². The van der Waals surface area contributed by atoms with Gasteiger partial charge in [-0.05, 0) is 24.3 Å². The van der Waals surface area contributed by atoms with Crippen molar-refractivity contribution in [3.8, 4) is 17.1 Å². The molecule has 4 nitrogen and oxygen atoms in total. The topological polar surface area (TPSA) is 51.5 Å². The number of rotatable bonds is 1. The quantitative estimate of drug-likeness (QED) is 0.750. The molecule has 0 fully saturated rings. The van der Waals surface area contributed by atoms with Gasteiger partial charge in [-0.3, -0.25) is 0 Å². The van der Waals surface area contributed by atoms with Crippen LogP contribution in [0.15, 0.2) is 34.9 Å². The van der Waals surface area contributed by atoms with E-state index in [0.29, 0.717) is 11.5 Å². The standard InChI is InChI=1S/C10H9NO3/c1-11-10(12)14-8-5-4-7-3-2-6-13-9(7)8/h2-6H,1H3,(H,11,12). The molecule has 0 spiro atoms. The first-order chi connectivity index (χ1) is 6.81. The number of hydrogen-bond acceptors (Lipinski definition) is 3. The summed E-state index contributed by atoms with van der Waals surface area (Å²) >= 11 is 0. The Labute approximate surface area is 80.8 Å². The molecule has 4 heteroatoms. The van der Waals surface area contributed by atoms with Gasteiger partial charge in [0.2, 0.25) is 0 Å². The van der Waals surface area contributed by atoms with E-state index in [1.54, 1.807) is 18.4 Å². The summed E-state index contributed by atoms with van der Waals surface area (Å²) in [5.74, 6) is 1.01. The van der Waals surface area contributed by atoms with Crippen LogP contribution in [0.5, 0.6) is 5.75 Å². The minimum absolute atomic E-state index is 0.431. The van der Waals surface area contributed by atoms with Crippen molar-refractivity contribution in [2.75, 3.05) is 7.05 Å². The second-order valence-electron chi connectivity index (χ2n) is 2.73. The SMILES string of the molecule is CNC(=O)Oc1ccc2cccoc1-2. The number of amides is 1. The highest BCUT2D eigenvalue weighted by molar-refractivity contribution is 5.76. The Morgan fingerprint density at radius 2 is 2.29 bits per heavy atom. The van der Waals surface area contributed by atoms with Crippen molar-refractivity contribution in [1.29, 1.82) is 0 Å². The molecule has 1 amide bonds. The van der Waals surface area contributed by atoms with Gasteiger partial charge in [-0.1, -0.05) is 0 Å². The normalized spacial score (nSPS) is 10.1. The molecule has 0 bridgehead atoms. The van der Waals surface area contributed by atoms with Crippen LogP contribution in [-0.4, -0.2) is 13.1 Å². The average molecular weight is 191 g/mol. The summed E-state index contributed by atoms with van der Waals surface area (Å²) in [5, 5.41) is 2.37. The fourth-order valence-corrected chi connectivity index (χ4v) is 1.20. The Hall–Kier alpha value is -1.97. The van der Waals surface area contributed by atoms with Gasteiger partial charge in [0.1, 0.15) is 0 Å². The molecule has 0 radical (unpaired) electrons. The highest BCUT2D eigenvalue weighted by Gasteiger charge is 2.14. The first-order valence-corrected chi connectivity index (χ1v) is 4.17. The summed E-state index contributed by atoms with van der Waals surface area (Å²) in [5.41, 5.74) is 0.909. The van der Waals surface area contributed by atoms with E-state index >= 15 is 0 Å².